The summed E-state index contributed by atoms with van der Waals surface area (Å²) in [5.41, 5.74) is 0.622. The van der Waals surface area contributed by atoms with E-state index in [0.717, 1.165) is 17.7 Å². The summed E-state index contributed by atoms with van der Waals surface area (Å²) >= 11 is 1.42. The lowest BCUT2D eigenvalue weighted by atomic mass is 10.1. The van der Waals surface area contributed by atoms with E-state index in [1.54, 1.807) is 11.0 Å². The molecule has 1 atom stereocenters. The zero-order valence-electron chi connectivity index (χ0n) is 10.6. The highest BCUT2D eigenvalue weighted by Gasteiger charge is 2.23. The van der Waals surface area contributed by atoms with Crippen LogP contribution in [0.2, 0.25) is 0 Å². The van der Waals surface area contributed by atoms with Crippen molar-refractivity contribution in [1.29, 1.82) is 5.26 Å². The van der Waals surface area contributed by atoms with Gasteiger partial charge >= 0.3 is 0 Å². The highest BCUT2D eigenvalue weighted by molar-refractivity contribution is 7.99. The molecule has 0 radical (unpaired) electrons. The summed E-state index contributed by atoms with van der Waals surface area (Å²) in [5, 5.41) is 18.2. The van der Waals surface area contributed by atoms with Crippen molar-refractivity contribution in [3.05, 3.63) is 29.8 Å². The lowest BCUT2D eigenvalue weighted by Gasteiger charge is -2.30. The van der Waals surface area contributed by atoms with Gasteiger partial charge in [-0.15, -0.1) is 11.8 Å². The maximum absolute atomic E-state index is 12.3. The van der Waals surface area contributed by atoms with E-state index in [9.17, 15) is 9.90 Å². The predicted octanol–water partition coefficient (Wildman–Crippen LogP) is 1.90. The number of carbonyl (C=O) groups is 1. The monoisotopic (exact) mass is 276 g/mol. The van der Waals surface area contributed by atoms with E-state index >= 15 is 0 Å². The van der Waals surface area contributed by atoms with Crippen LogP contribution in [0.4, 0.5) is 0 Å². The summed E-state index contributed by atoms with van der Waals surface area (Å²) in [4.78, 5) is 14.9. The first-order valence-electron chi connectivity index (χ1n) is 6.28. The van der Waals surface area contributed by atoms with Gasteiger partial charge in [-0.3, -0.25) is 4.79 Å². The largest absolute Gasteiger partial charge is 0.391 e. The van der Waals surface area contributed by atoms with E-state index in [2.05, 4.69) is 6.07 Å². The molecule has 4 nitrogen and oxygen atoms in total. The Morgan fingerprint density at radius 1 is 1.58 bits per heavy atom. The van der Waals surface area contributed by atoms with Gasteiger partial charge in [-0.1, -0.05) is 6.07 Å². The van der Waals surface area contributed by atoms with E-state index in [0.29, 0.717) is 24.4 Å². The third-order valence-corrected chi connectivity index (χ3v) is 3.93. The van der Waals surface area contributed by atoms with Crippen LogP contribution in [0.5, 0.6) is 0 Å². The van der Waals surface area contributed by atoms with Gasteiger partial charge in [-0.05, 0) is 31.0 Å². The van der Waals surface area contributed by atoms with Crippen LogP contribution in [0.15, 0.2) is 29.2 Å². The molecule has 0 spiro atoms. The first-order chi connectivity index (χ1) is 9.20. The number of nitriles is 1. The molecule has 1 amide bonds. The Morgan fingerprint density at radius 3 is 3.16 bits per heavy atom. The molecule has 1 unspecified atom stereocenters. The minimum absolute atomic E-state index is 0.0434. The fourth-order valence-corrected chi connectivity index (χ4v) is 2.77. The van der Waals surface area contributed by atoms with Crippen molar-refractivity contribution in [2.75, 3.05) is 18.8 Å². The minimum atomic E-state index is -0.408. The summed E-state index contributed by atoms with van der Waals surface area (Å²) in [5.74, 6) is 0.332. The standard InChI is InChI=1S/C14H16N2O2S/c15-6-8-19-13-5-1-3-11(9-13)14(18)16-7-2-4-12(17)10-16/h1,3,5,9,12,17H,2,4,7-8,10H2. The van der Waals surface area contributed by atoms with Crippen molar-refractivity contribution in [3.63, 3.8) is 0 Å². The number of rotatable bonds is 3. The zero-order valence-corrected chi connectivity index (χ0v) is 11.4. The van der Waals surface area contributed by atoms with Gasteiger partial charge in [0.25, 0.3) is 5.91 Å². The third-order valence-electron chi connectivity index (χ3n) is 3.07. The van der Waals surface area contributed by atoms with E-state index in [4.69, 9.17) is 5.26 Å². The fourth-order valence-electron chi connectivity index (χ4n) is 2.16. The van der Waals surface area contributed by atoms with Crippen LogP contribution in [0.1, 0.15) is 23.2 Å². The van der Waals surface area contributed by atoms with Crippen molar-refractivity contribution >= 4 is 17.7 Å². The number of nitrogens with zero attached hydrogens (tertiary/aromatic N) is 2. The minimum Gasteiger partial charge on any atom is -0.391 e. The lowest BCUT2D eigenvalue weighted by molar-refractivity contribution is 0.0473. The smallest absolute Gasteiger partial charge is 0.253 e. The molecular formula is C14H16N2O2S. The Bertz CT molecular complexity index is 498. The average molecular weight is 276 g/mol. The second-order valence-electron chi connectivity index (χ2n) is 4.52. The molecule has 1 heterocycles. The average Bonchev–Trinajstić information content (AvgIpc) is 2.44. The van der Waals surface area contributed by atoms with Crippen LogP contribution >= 0.6 is 11.8 Å². The highest BCUT2D eigenvalue weighted by Crippen LogP contribution is 2.20. The molecule has 1 N–H and O–H groups in total. The number of carbonyl (C=O) groups excluding carboxylic acids is 1. The highest BCUT2D eigenvalue weighted by atomic mass is 32.2. The van der Waals surface area contributed by atoms with Gasteiger partial charge in [0.05, 0.1) is 17.9 Å². The summed E-state index contributed by atoms with van der Waals surface area (Å²) in [6.45, 7) is 1.11. The first-order valence-corrected chi connectivity index (χ1v) is 7.26. The number of benzene rings is 1. The molecule has 1 aromatic carbocycles. The predicted molar refractivity (Wildman–Crippen MR) is 73.9 cm³/mol. The quantitative estimate of drug-likeness (QED) is 0.856. The van der Waals surface area contributed by atoms with Gasteiger partial charge in [-0.25, -0.2) is 0 Å². The summed E-state index contributed by atoms with van der Waals surface area (Å²) in [6, 6.07) is 9.38. The second kappa shape index (κ2) is 6.60. The van der Waals surface area contributed by atoms with Gasteiger partial charge in [0.1, 0.15) is 0 Å². The van der Waals surface area contributed by atoms with E-state index in [1.807, 2.05) is 18.2 Å². The number of hydrogen-bond acceptors (Lipinski definition) is 4. The fraction of sp³-hybridized carbons (Fsp3) is 0.429. The SMILES string of the molecule is N#CCSc1cccc(C(=O)N2CCCC(O)C2)c1. The lowest BCUT2D eigenvalue weighted by Crippen LogP contribution is -2.42. The Balaban J connectivity index is 2.08. The molecule has 5 heteroatoms. The van der Waals surface area contributed by atoms with Crippen LogP contribution < -0.4 is 0 Å². The molecule has 2 rings (SSSR count). The number of hydrogen-bond donors (Lipinski definition) is 1. The van der Waals surface area contributed by atoms with Crippen LogP contribution in [-0.4, -0.2) is 40.9 Å². The van der Waals surface area contributed by atoms with Gasteiger partial charge in [0, 0.05) is 23.5 Å². The molecule has 0 saturated carbocycles. The summed E-state index contributed by atoms with van der Waals surface area (Å²) in [6.07, 6.45) is 1.20. The molecule has 0 aliphatic carbocycles. The van der Waals surface area contributed by atoms with E-state index in [-0.39, 0.29) is 5.91 Å². The number of β-amino-alcohol motifs (C(OH)–C–C–N with tert-alkyl or cyclic N) is 1. The molecule has 1 aliphatic rings. The van der Waals surface area contributed by atoms with E-state index < -0.39 is 6.10 Å². The molecule has 19 heavy (non-hydrogen) atoms. The van der Waals surface area contributed by atoms with Crippen molar-refractivity contribution in [2.45, 2.75) is 23.8 Å². The van der Waals surface area contributed by atoms with Crippen molar-refractivity contribution < 1.29 is 9.90 Å². The topological polar surface area (TPSA) is 64.3 Å². The number of aliphatic hydroxyl groups excluding tert-OH is 1. The zero-order chi connectivity index (χ0) is 13.7. The van der Waals surface area contributed by atoms with E-state index in [1.165, 1.54) is 11.8 Å². The van der Waals surface area contributed by atoms with Gasteiger partial charge in [-0.2, -0.15) is 5.26 Å². The van der Waals surface area contributed by atoms with Gasteiger partial charge < -0.3 is 10.0 Å². The molecule has 1 saturated heterocycles. The molecule has 0 aromatic heterocycles. The van der Waals surface area contributed by atoms with Crippen molar-refractivity contribution in [1.82, 2.24) is 4.90 Å². The molecule has 1 fully saturated rings. The second-order valence-corrected chi connectivity index (χ2v) is 5.57. The van der Waals surface area contributed by atoms with Gasteiger partial charge in [0.2, 0.25) is 0 Å². The van der Waals surface area contributed by atoms with Crippen LogP contribution in [0.3, 0.4) is 0 Å². The summed E-state index contributed by atoms with van der Waals surface area (Å²) < 4.78 is 0. The number of aliphatic hydroxyl groups is 1. The number of piperidine rings is 1. The molecule has 1 aliphatic heterocycles. The molecule has 100 valence electrons. The Labute approximate surface area is 117 Å². The van der Waals surface area contributed by atoms with Crippen LogP contribution in [0, 0.1) is 11.3 Å². The Kier molecular flexibility index (Phi) is 4.83. The molecule has 0 bridgehead atoms. The number of thioether (sulfide) groups is 1. The maximum atomic E-state index is 12.3. The normalized spacial score (nSPS) is 18.9. The molecular weight excluding hydrogens is 260 g/mol. The summed E-state index contributed by atoms with van der Waals surface area (Å²) in [7, 11) is 0. The van der Waals surface area contributed by atoms with Gasteiger partial charge in [0.15, 0.2) is 0 Å². The maximum Gasteiger partial charge on any atom is 0.253 e. The van der Waals surface area contributed by atoms with Crippen LogP contribution in [0.25, 0.3) is 0 Å². The van der Waals surface area contributed by atoms with Crippen LogP contribution in [-0.2, 0) is 0 Å². The third kappa shape index (κ3) is 3.72. The number of likely N-dealkylation sites (tertiary alicyclic amines) is 1. The Morgan fingerprint density at radius 2 is 2.42 bits per heavy atom. The number of amides is 1. The van der Waals surface area contributed by atoms with Crippen molar-refractivity contribution in [2.24, 2.45) is 0 Å². The molecule has 1 aromatic rings. The Hall–Kier alpha value is -1.51. The van der Waals surface area contributed by atoms with Crippen molar-refractivity contribution in [3.8, 4) is 6.07 Å². The first kappa shape index (κ1) is 13.9.